The molecular formula is C29H39BFN4O7. The number of rotatable bonds is 6. The Labute approximate surface area is 246 Å². The van der Waals surface area contributed by atoms with Crippen LogP contribution in [-0.2, 0) is 36.8 Å². The molecule has 0 aromatic heterocycles. The van der Waals surface area contributed by atoms with Gasteiger partial charge in [0.05, 0.1) is 13.1 Å². The van der Waals surface area contributed by atoms with Crippen molar-refractivity contribution < 1.29 is 37.7 Å². The zero-order valence-corrected chi connectivity index (χ0v) is 24.4. The van der Waals surface area contributed by atoms with Gasteiger partial charge in [0.1, 0.15) is 30.1 Å². The fourth-order valence-electron chi connectivity index (χ4n) is 6.06. The molecule has 1 saturated carbocycles. The molecule has 1 aromatic rings. The van der Waals surface area contributed by atoms with Crippen LogP contribution in [0.4, 0.5) is 14.0 Å². The highest BCUT2D eigenvalue weighted by Crippen LogP contribution is 2.30. The molecule has 4 amide bonds. The predicted octanol–water partition coefficient (Wildman–Crippen LogP) is 2.81. The lowest BCUT2D eigenvalue weighted by Gasteiger charge is -2.35. The van der Waals surface area contributed by atoms with Crippen LogP contribution in [0.1, 0.15) is 70.4 Å². The lowest BCUT2D eigenvalue weighted by molar-refractivity contribution is -0.142. The van der Waals surface area contributed by atoms with Gasteiger partial charge in [-0.15, -0.1) is 0 Å². The quantitative estimate of drug-likeness (QED) is 0.492. The molecule has 11 nitrogen and oxygen atoms in total. The van der Waals surface area contributed by atoms with Gasteiger partial charge in [0.25, 0.3) is 0 Å². The number of nitrogens with zero attached hydrogens (tertiary/aromatic N) is 2. The Morgan fingerprint density at radius 2 is 1.83 bits per heavy atom. The summed E-state index contributed by atoms with van der Waals surface area (Å²) in [5.41, 5.74) is 0.458. The normalized spacial score (nSPS) is 24.6. The maximum atomic E-state index is 14.2. The average molecular weight is 585 g/mol. The molecule has 2 saturated heterocycles. The molecule has 3 fully saturated rings. The number of carbonyl (C=O) groups excluding carboxylic acids is 4. The van der Waals surface area contributed by atoms with E-state index in [4.69, 9.17) is 14.1 Å². The van der Waals surface area contributed by atoms with Crippen molar-refractivity contribution in [3.8, 4) is 0 Å². The smallest absolute Gasteiger partial charge is 0.410 e. The molecule has 3 heterocycles. The van der Waals surface area contributed by atoms with E-state index in [0.717, 1.165) is 25.7 Å². The zero-order chi connectivity index (χ0) is 30.0. The summed E-state index contributed by atoms with van der Waals surface area (Å²) in [5.74, 6) is -1.54. The monoisotopic (exact) mass is 585 g/mol. The number of alkyl carbamates (subject to hydrolysis) is 1. The Hall–Kier alpha value is -3.35. The summed E-state index contributed by atoms with van der Waals surface area (Å²) in [6.07, 6.45) is 1.98. The van der Waals surface area contributed by atoms with Gasteiger partial charge in [-0.2, -0.15) is 0 Å². The second-order valence-corrected chi connectivity index (χ2v) is 12.6. The van der Waals surface area contributed by atoms with Crippen LogP contribution in [0.25, 0.3) is 0 Å². The van der Waals surface area contributed by atoms with E-state index in [1.54, 1.807) is 19.6 Å². The highest BCUT2D eigenvalue weighted by atomic mass is 19.1. The van der Waals surface area contributed by atoms with Crippen molar-refractivity contribution in [1.29, 1.82) is 0 Å². The molecule has 2 N–H and O–H groups in total. The fraction of sp³-hybridized carbons (Fsp3) is 0.655. The number of nitrogens with one attached hydrogen (secondary N) is 2. The molecule has 0 spiro atoms. The molecule has 42 heavy (non-hydrogen) atoms. The van der Waals surface area contributed by atoms with E-state index < -0.39 is 47.6 Å². The van der Waals surface area contributed by atoms with E-state index in [0.29, 0.717) is 24.2 Å². The Morgan fingerprint density at radius 3 is 2.50 bits per heavy atom. The second kappa shape index (κ2) is 12.5. The summed E-state index contributed by atoms with van der Waals surface area (Å²) in [5, 5.41) is 5.65. The minimum absolute atomic E-state index is 0.0331. The summed E-state index contributed by atoms with van der Waals surface area (Å²) in [7, 11) is 1.55. The number of hydrogen-bond donors (Lipinski definition) is 2. The molecule has 0 unspecified atom stereocenters. The summed E-state index contributed by atoms with van der Waals surface area (Å²) >= 11 is 0. The third kappa shape index (κ3) is 6.82. The maximum absolute atomic E-state index is 14.2. The second-order valence-electron chi connectivity index (χ2n) is 12.6. The Kier molecular flexibility index (Phi) is 8.96. The Morgan fingerprint density at radius 1 is 1.07 bits per heavy atom. The molecule has 227 valence electrons. The van der Waals surface area contributed by atoms with Crippen molar-refractivity contribution in [2.45, 2.75) is 103 Å². The van der Waals surface area contributed by atoms with Gasteiger partial charge < -0.3 is 29.7 Å². The number of ether oxygens (including phenoxy) is 2. The molecule has 1 radical (unpaired) electrons. The minimum atomic E-state index is -0.992. The van der Waals surface area contributed by atoms with Crippen LogP contribution in [-0.4, -0.2) is 84.7 Å². The van der Waals surface area contributed by atoms with Crippen molar-refractivity contribution >= 4 is 31.5 Å². The number of benzene rings is 1. The van der Waals surface area contributed by atoms with Gasteiger partial charge in [-0.25, -0.2) is 14.0 Å². The lowest BCUT2D eigenvalue weighted by atomic mass is 9.85. The van der Waals surface area contributed by atoms with Crippen LogP contribution in [0.5, 0.6) is 0 Å². The molecule has 5 rings (SSSR count). The number of hydrogen-bond acceptors (Lipinski definition) is 7. The predicted molar refractivity (Wildman–Crippen MR) is 149 cm³/mol. The van der Waals surface area contributed by atoms with E-state index in [2.05, 4.69) is 10.6 Å². The van der Waals surface area contributed by atoms with Crippen molar-refractivity contribution in [3.05, 3.63) is 35.1 Å². The first-order valence-corrected chi connectivity index (χ1v) is 14.7. The highest BCUT2D eigenvalue weighted by molar-refractivity contribution is 6.31. The zero-order valence-electron chi connectivity index (χ0n) is 24.4. The first kappa shape index (κ1) is 30.1. The van der Waals surface area contributed by atoms with Gasteiger partial charge in [0.2, 0.25) is 11.8 Å². The third-order valence-corrected chi connectivity index (χ3v) is 8.39. The first-order chi connectivity index (χ1) is 20.0. The van der Waals surface area contributed by atoms with Crippen LogP contribution in [0, 0.1) is 11.2 Å². The highest BCUT2D eigenvalue weighted by Gasteiger charge is 2.47. The summed E-state index contributed by atoms with van der Waals surface area (Å²) in [6.45, 7) is 6.21. The van der Waals surface area contributed by atoms with Gasteiger partial charge in [-0.05, 0) is 49.1 Å². The molecular weight excluding hydrogens is 546 g/mol. The maximum Gasteiger partial charge on any atom is 0.410 e. The largest absolute Gasteiger partial charge is 0.446 e. The molecule has 13 heteroatoms. The number of halogens is 1. The van der Waals surface area contributed by atoms with E-state index >= 15 is 0 Å². The molecule has 3 aliphatic heterocycles. The first-order valence-electron chi connectivity index (χ1n) is 14.7. The van der Waals surface area contributed by atoms with Crippen molar-refractivity contribution in [3.63, 3.8) is 0 Å². The molecule has 1 aromatic carbocycles. The van der Waals surface area contributed by atoms with E-state index in [1.807, 2.05) is 20.8 Å². The van der Waals surface area contributed by atoms with E-state index in [9.17, 15) is 23.6 Å². The number of amides is 4. The van der Waals surface area contributed by atoms with Crippen molar-refractivity contribution in [1.82, 2.24) is 20.4 Å². The van der Waals surface area contributed by atoms with Gasteiger partial charge in [-0.3, -0.25) is 14.5 Å². The van der Waals surface area contributed by atoms with Crippen LogP contribution in [0.3, 0.4) is 0 Å². The number of fused-ring (bicyclic) bond motifs is 1. The topological polar surface area (TPSA) is 127 Å². The van der Waals surface area contributed by atoms with Gasteiger partial charge >= 0.3 is 19.7 Å². The summed E-state index contributed by atoms with van der Waals surface area (Å²) < 4.78 is 30.8. The Balaban J connectivity index is 1.29. The fourth-order valence-corrected chi connectivity index (χ4v) is 6.06. The minimum Gasteiger partial charge on any atom is -0.446 e. The Bertz CT molecular complexity index is 1200. The number of likely N-dealkylation sites (tertiary alicyclic amines) is 1. The third-order valence-electron chi connectivity index (χ3n) is 8.39. The van der Waals surface area contributed by atoms with Crippen LogP contribution in [0.15, 0.2) is 18.2 Å². The summed E-state index contributed by atoms with van der Waals surface area (Å²) in [4.78, 5) is 56.1. The van der Waals surface area contributed by atoms with Crippen molar-refractivity contribution in [2.24, 2.45) is 5.41 Å². The molecule has 4 atom stereocenters. The average Bonchev–Trinajstić information content (AvgIpc) is 3.73. The molecule has 1 aliphatic carbocycles. The SMILES string of the molecule is CC(C)(C)[C@H](NC(=O)OC1CCCC1)C(=O)N1C[C@H](OC(=O)N2Cc3cccc(F)c3C2)C[C@H]1C(=O)N[C@@H]1[B]OCC1. The van der Waals surface area contributed by atoms with Crippen LogP contribution in [0.2, 0.25) is 0 Å². The van der Waals surface area contributed by atoms with Crippen molar-refractivity contribution in [2.75, 3.05) is 13.2 Å². The standard InChI is InChI=1S/C29H39BFN4O7/c1-29(2,3)24(33-27(38)41-18-8-4-5-9-18)26(37)35-15-19(13-22(35)25(36)32-23-11-12-40-30-23)42-28(39)34-14-17-7-6-10-21(31)20(17)16-34/h6-7,10,18-19,22-24H,4-5,8-9,11-16H2,1-3H3,(H,32,36)(H,33,38)/t19-,22+,23+,24-/m1/s1. The van der Waals surface area contributed by atoms with Gasteiger partial charge in [-0.1, -0.05) is 32.9 Å². The van der Waals surface area contributed by atoms with Crippen LogP contribution >= 0.6 is 0 Å². The van der Waals surface area contributed by atoms with Gasteiger partial charge in [0.15, 0.2) is 0 Å². The summed E-state index contributed by atoms with van der Waals surface area (Å²) in [6, 6.07) is 2.79. The lowest BCUT2D eigenvalue weighted by Crippen LogP contribution is -2.58. The van der Waals surface area contributed by atoms with E-state index in [1.165, 1.54) is 15.9 Å². The van der Waals surface area contributed by atoms with Crippen LogP contribution < -0.4 is 10.6 Å². The number of carbonyl (C=O) groups is 4. The molecule has 0 bridgehead atoms. The van der Waals surface area contributed by atoms with Gasteiger partial charge in [0, 0.05) is 31.1 Å². The molecule has 4 aliphatic rings. The van der Waals surface area contributed by atoms with E-state index in [-0.39, 0.29) is 43.9 Å².